The largest absolute Gasteiger partial charge is 0.571 e. The molecule has 28 nitrogen and oxygen atoms in total. The van der Waals surface area contributed by atoms with Crippen LogP contribution >= 0.6 is 0 Å². The van der Waals surface area contributed by atoms with Crippen molar-refractivity contribution in [2.45, 2.75) is 136 Å². The number of aliphatic hydroxyl groups excluding tert-OH is 13. The first-order chi connectivity index (χ1) is 36.6. The Labute approximate surface area is 436 Å². The van der Waals surface area contributed by atoms with Gasteiger partial charge in [0.2, 0.25) is 24.6 Å². The molecule has 5 aliphatic heterocycles. The maximum Gasteiger partial charge on any atom is 0.331 e. The van der Waals surface area contributed by atoms with Crippen molar-refractivity contribution in [1.82, 2.24) is 0 Å². The minimum absolute atomic E-state index is 0.00153. The Balaban J connectivity index is 0.934. The van der Waals surface area contributed by atoms with Crippen LogP contribution in [0.3, 0.4) is 0 Å². The van der Waals surface area contributed by atoms with Gasteiger partial charge in [0.05, 0.1) is 44.7 Å². The number of ether oxygens (including phenoxy) is 11. The molecule has 0 amide bonds. The van der Waals surface area contributed by atoms with Gasteiger partial charge in [-0.05, 0) is 42.8 Å². The van der Waals surface area contributed by atoms with Gasteiger partial charge in [0.1, 0.15) is 108 Å². The normalized spacial score (nSPS) is 37.2. The van der Waals surface area contributed by atoms with Gasteiger partial charge in [-0.3, -0.25) is 0 Å². The molecule has 21 atom stereocenters. The Morgan fingerprint density at radius 1 is 0.623 bits per heavy atom. The molecule has 4 fully saturated rings. The van der Waals surface area contributed by atoms with E-state index >= 15 is 0 Å². The number of benzene rings is 3. The lowest BCUT2D eigenvalue weighted by Crippen LogP contribution is -2.61. The fourth-order valence-electron chi connectivity index (χ4n) is 9.00. The average molecular weight is 1100 g/mol. The van der Waals surface area contributed by atoms with E-state index in [2.05, 4.69) is 4.74 Å². The molecule has 5 aliphatic rings. The van der Waals surface area contributed by atoms with E-state index in [1.165, 1.54) is 62.6 Å². The van der Waals surface area contributed by atoms with Gasteiger partial charge in [-0.15, -0.1) is 0 Å². The number of hydrogen-bond acceptors (Lipinski definition) is 27. The van der Waals surface area contributed by atoms with Crippen molar-refractivity contribution in [3.63, 3.8) is 0 Å². The van der Waals surface area contributed by atoms with Crippen LogP contribution in [-0.4, -0.2) is 242 Å². The van der Waals surface area contributed by atoms with E-state index in [0.29, 0.717) is 5.56 Å². The van der Waals surface area contributed by atoms with Crippen LogP contribution in [-0.2, 0) is 38.0 Å². The Morgan fingerprint density at radius 2 is 1.18 bits per heavy atom. The third kappa shape index (κ3) is 12.1. The molecule has 8 rings (SSSR count). The number of aromatic hydroxyl groups is 4. The standard InChI is InChI=1S/C49H60O28/c1-17-44(77-31(54)8-5-18-3-6-21(7-4-18)70-47-40(63)36(59)33(56)28(14-50)74-47)39(62)43(66)46(69-17)68-16-30-35(58)38(61)42(65)49(76-30)73-27-13-22-24(71-45(27)19-9-23(53)32(55)26(10-19)67-2)11-20(52)12-25(22)72-48-41(64)37(60)34(57)29(15-51)75-48/h3-13,17,28-30,33-53,55-66H,14-16H2,1-2H3/p+1. The summed E-state index contributed by atoms with van der Waals surface area (Å²) in [5, 5.41) is 168. The summed E-state index contributed by atoms with van der Waals surface area (Å²) in [6.45, 7) is -0.740. The summed E-state index contributed by atoms with van der Waals surface area (Å²) in [6, 6.07) is 10.5. The van der Waals surface area contributed by atoms with E-state index in [-0.39, 0.29) is 39.9 Å². The molecule has 0 aromatic heterocycles. The van der Waals surface area contributed by atoms with Gasteiger partial charge >= 0.3 is 5.97 Å². The van der Waals surface area contributed by atoms with Gasteiger partial charge < -0.3 is 134 Å². The van der Waals surface area contributed by atoms with Gasteiger partial charge in [0.15, 0.2) is 29.7 Å². The SMILES string of the molecule is COc1cc(C2[OH+]c3cc(O)cc(OC4OC(CO)C(O)C(O)C4O)c3C=C2OC2OC(COC3OC(C)C(OC(=O)C=Cc4ccc(OC5OC(CO)C(O)C(O)C5O)cc4)C(O)C3O)C(O)C(O)C2O)cc(O)c1O. The number of aliphatic hydroxyl groups is 14. The van der Waals surface area contributed by atoms with Crippen molar-refractivity contribution in [3.05, 3.63) is 77.1 Å². The quantitative estimate of drug-likeness (QED) is 0.0278. The minimum Gasteiger partial charge on any atom is -0.571 e. The van der Waals surface area contributed by atoms with Crippen LogP contribution in [0.4, 0.5) is 0 Å². The van der Waals surface area contributed by atoms with Crippen LogP contribution in [0.5, 0.6) is 40.2 Å². The number of esters is 1. The highest BCUT2D eigenvalue weighted by Crippen LogP contribution is 2.49. The maximum atomic E-state index is 12.9. The van der Waals surface area contributed by atoms with Gasteiger partial charge in [0.25, 0.3) is 11.9 Å². The molecule has 0 aliphatic carbocycles. The van der Waals surface area contributed by atoms with Crippen molar-refractivity contribution in [2.24, 2.45) is 0 Å². The molecule has 3 aromatic carbocycles. The summed E-state index contributed by atoms with van der Waals surface area (Å²) < 4.78 is 61.2. The first-order valence-electron chi connectivity index (χ1n) is 23.9. The van der Waals surface area contributed by atoms with Crippen molar-refractivity contribution in [2.75, 3.05) is 26.9 Å². The highest BCUT2D eigenvalue weighted by atomic mass is 16.7. The van der Waals surface area contributed by atoms with Crippen LogP contribution in [0.15, 0.2) is 60.4 Å². The second-order valence-corrected chi connectivity index (χ2v) is 18.6. The maximum absolute atomic E-state index is 12.9. The summed E-state index contributed by atoms with van der Waals surface area (Å²) in [4.78, 5) is 12.9. The van der Waals surface area contributed by atoms with Crippen molar-refractivity contribution in [3.8, 4) is 40.2 Å². The van der Waals surface area contributed by atoms with E-state index in [9.17, 15) is 86.5 Å². The third-order valence-corrected chi connectivity index (χ3v) is 13.4. The number of phenols is 3. The second kappa shape index (κ2) is 24.1. The zero-order chi connectivity index (χ0) is 55.7. The first-order valence-corrected chi connectivity index (χ1v) is 23.9. The van der Waals surface area contributed by atoms with Crippen LogP contribution in [0.2, 0.25) is 0 Å². The van der Waals surface area contributed by atoms with Gasteiger partial charge in [-0.25, -0.2) is 4.79 Å². The number of methoxy groups -OCH3 is 1. The molecule has 424 valence electrons. The molecule has 0 spiro atoms. The molecule has 0 bridgehead atoms. The Morgan fingerprint density at radius 3 is 1.78 bits per heavy atom. The molecular weight excluding hydrogens is 1040 g/mol. The molecule has 77 heavy (non-hydrogen) atoms. The zero-order valence-electron chi connectivity index (χ0n) is 40.7. The van der Waals surface area contributed by atoms with Gasteiger partial charge in [-0.2, -0.15) is 0 Å². The number of hydrogen-bond donors (Lipinski definition) is 16. The summed E-state index contributed by atoms with van der Waals surface area (Å²) in [5.74, 6) is -3.29. The van der Waals surface area contributed by atoms with E-state index < -0.39 is 172 Å². The summed E-state index contributed by atoms with van der Waals surface area (Å²) in [6.07, 6.45) is -31.1. The molecular formula is C49H61O28+. The summed E-state index contributed by atoms with van der Waals surface area (Å²) in [7, 11) is 1.20. The second-order valence-electron chi connectivity index (χ2n) is 18.6. The van der Waals surface area contributed by atoms with E-state index in [0.717, 1.165) is 18.2 Å². The zero-order valence-corrected chi connectivity index (χ0v) is 40.7. The Hall–Kier alpha value is -5.71. The van der Waals surface area contributed by atoms with Gasteiger partial charge in [0, 0.05) is 18.2 Å². The molecule has 3 aromatic rings. The molecule has 17 N–H and O–H groups in total. The van der Waals surface area contributed by atoms with Crippen molar-refractivity contribution < 1.29 is 139 Å². The van der Waals surface area contributed by atoms with Crippen LogP contribution in [0, 0.1) is 0 Å². The first kappa shape index (κ1) is 57.5. The number of carbonyl (C=O) groups excluding carboxylic acids is 1. The number of rotatable bonds is 16. The number of carbonyl (C=O) groups is 1. The van der Waals surface area contributed by atoms with Crippen LogP contribution < -0.4 is 14.2 Å². The topological polar surface area (TPSA) is 446 Å². The summed E-state index contributed by atoms with van der Waals surface area (Å²) in [5.41, 5.74) is 0.524. The monoisotopic (exact) mass is 1100 g/mol. The third-order valence-electron chi connectivity index (χ3n) is 13.4. The molecule has 21 unspecified atom stereocenters. The molecule has 0 radical (unpaired) electrons. The summed E-state index contributed by atoms with van der Waals surface area (Å²) >= 11 is 0. The molecule has 4 saturated heterocycles. The number of fused-ring (bicyclic) bond motifs is 1. The van der Waals surface area contributed by atoms with Gasteiger partial charge in [-0.1, -0.05) is 12.1 Å². The van der Waals surface area contributed by atoms with Crippen molar-refractivity contribution >= 4 is 18.1 Å². The fourth-order valence-corrected chi connectivity index (χ4v) is 9.00. The predicted molar refractivity (Wildman–Crippen MR) is 251 cm³/mol. The average Bonchev–Trinajstić information content (AvgIpc) is 3.41. The highest BCUT2D eigenvalue weighted by molar-refractivity contribution is 5.87. The van der Waals surface area contributed by atoms with E-state index in [1.807, 2.05) is 0 Å². The van der Waals surface area contributed by atoms with E-state index in [4.69, 9.17) is 47.4 Å². The smallest absolute Gasteiger partial charge is 0.331 e. The molecule has 28 heteroatoms. The highest BCUT2D eigenvalue weighted by Gasteiger charge is 2.51. The fraction of sp³-hybridized carbons (Fsp3) is 0.531. The van der Waals surface area contributed by atoms with Crippen LogP contribution in [0.25, 0.3) is 12.2 Å². The number of phenolic OH excluding ortho intramolecular Hbond substituents is 3. The molecule has 0 saturated carbocycles. The Bertz CT molecular complexity index is 2560. The lowest BCUT2D eigenvalue weighted by molar-refractivity contribution is -0.325. The van der Waals surface area contributed by atoms with Crippen molar-refractivity contribution in [1.29, 1.82) is 0 Å². The minimum atomic E-state index is -2.02. The Kier molecular flexibility index (Phi) is 18.0. The lowest BCUT2D eigenvalue weighted by atomic mass is 9.97. The predicted octanol–water partition coefficient (Wildman–Crippen LogP) is -4.56. The van der Waals surface area contributed by atoms with E-state index in [1.54, 1.807) is 0 Å². The lowest BCUT2D eigenvalue weighted by Gasteiger charge is -2.43. The van der Waals surface area contributed by atoms with Crippen LogP contribution in [0.1, 0.15) is 29.7 Å². The molecule has 5 heterocycles.